The van der Waals surface area contributed by atoms with Crippen LogP contribution in [0.2, 0.25) is 0 Å². The number of carbonyl (C=O) groups is 1. The first-order valence-electron chi connectivity index (χ1n) is 5.92. The van der Waals surface area contributed by atoms with Crippen LogP contribution in [0.25, 0.3) is 0 Å². The van der Waals surface area contributed by atoms with Crippen LogP contribution in [0.15, 0.2) is 0 Å². The van der Waals surface area contributed by atoms with Crippen molar-refractivity contribution in [3.63, 3.8) is 0 Å². The van der Waals surface area contributed by atoms with Crippen molar-refractivity contribution < 1.29 is 18.0 Å². The molecule has 1 unspecified atom stereocenters. The van der Waals surface area contributed by atoms with Gasteiger partial charge in [-0.05, 0) is 19.8 Å². The van der Waals surface area contributed by atoms with Gasteiger partial charge in [-0.1, -0.05) is 19.3 Å². The van der Waals surface area contributed by atoms with Crippen molar-refractivity contribution in [2.75, 3.05) is 13.1 Å². The Kier molecular flexibility index (Phi) is 4.41. The lowest BCUT2D eigenvalue weighted by molar-refractivity contribution is -0.193. The van der Waals surface area contributed by atoms with E-state index in [1.54, 1.807) is 0 Å². The van der Waals surface area contributed by atoms with E-state index < -0.39 is 17.6 Å². The second kappa shape index (κ2) is 5.25. The molecule has 0 radical (unpaired) electrons. The number of halogens is 3. The smallest absolute Gasteiger partial charge is 0.341 e. The Hall–Kier alpha value is -0.780. The van der Waals surface area contributed by atoms with Crippen LogP contribution in [0, 0.1) is 0 Å². The molecule has 2 N–H and O–H groups in total. The molecule has 100 valence electrons. The number of alkyl halides is 3. The van der Waals surface area contributed by atoms with Crippen molar-refractivity contribution in [3.8, 4) is 0 Å². The van der Waals surface area contributed by atoms with E-state index in [0.29, 0.717) is 13.1 Å². The Morgan fingerprint density at radius 1 is 1.06 bits per heavy atom. The van der Waals surface area contributed by atoms with Gasteiger partial charge in [0.05, 0.1) is 0 Å². The van der Waals surface area contributed by atoms with E-state index in [4.69, 9.17) is 5.73 Å². The minimum Gasteiger partial charge on any atom is -0.341 e. The molecule has 1 amide bonds. The number of amides is 1. The van der Waals surface area contributed by atoms with Gasteiger partial charge < -0.3 is 10.6 Å². The molecule has 0 aromatic carbocycles. The molecule has 0 aromatic heterocycles. The molecule has 1 rings (SSSR count). The van der Waals surface area contributed by atoms with E-state index in [-0.39, 0.29) is 0 Å². The quantitative estimate of drug-likeness (QED) is 0.776. The van der Waals surface area contributed by atoms with Crippen LogP contribution in [0.4, 0.5) is 13.2 Å². The summed E-state index contributed by atoms with van der Waals surface area (Å²) >= 11 is 0. The standard InChI is InChI=1S/C11H19F3N2O/c1-10(15,11(12,13)14)9(17)16-7-5-3-2-4-6-8-16/h2-8,15H2,1H3. The van der Waals surface area contributed by atoms with Crippen LogP contribution < -0.4 is 5.73 Å². The van der Waals surface area contributed by atoms with Gasteiger partial charge in [-0.3, -0.25) is 4.79 Å². The van der Waals surface area contributed by atoms with Crippen molar-refractivity contribution in [3.05, 3.63) is 0 Å². The fraction of sp³-hybridized carbons (Fsp3) is 0.909. The van der Waals surface area contributed by atoms with Crippen LogP contribution in [-0.2, 0) is 4.79 Å². The second-order valence-electron chi connectivity index (χ2n) is 4.76. The monoisotopic (exact) mass is 252 g/mol. The molecule has 0 aliphatic carbocycles. The Morgan fingerprint density at radius 2 is 1.47 bits per heavy atom. The van der Waals surface area contributed by atoms with Crippen molar-refractivity contribution in [1.82, 2.24) is 4.90 Å². The van der Waals surface area contributed by atoms with Crippen molar-refractivity contribution in [1.29, 1.82) is 0 Å². The molecule has 1 aliphatic heterocycles. The first-order chi connectivity index (χ1) is 7.77. The first-order valence-corrected chi connectivity index (χ1v) is 5.92. The molecule has 1 fully saturated rings. The predicted octanol–water partition coefficient (Wildman–Crippen LogP) is 2.06. The number of rotatable bonds is 1. The summed E-state index contributed by atoms with van der Waals surface area (Å²) in [7, 11) is 0. The molecule has 1 saturated heterocycles. The predicted molar refractivity (Wildman–Crippen MR) is 58.3 cm³/mol. The molecule has 0 bridgehead atoms. The normalized spacial score (nSPS) is 22.5. The summed E-state index contributed by atoms with van der Waals surface area (Å²) in [6.45, 7) is 1.50. The summed E-state index contributed by atoms with van der Waals surface area (Å²) in [5.74, 6) is -1.01. The third-order valence-electron chi connectivity index (χ3n) is 3.18. The summed E-state index contributed by atoms with van der Waals surface area (Å²) in [6.07, 6.45) is -0.207. The van der Waals surface area contributed by atoms with Gasteiger partial charge in [0.25, 0.3) is 5.91 Å². The van der Waals surface area contributed by atoms with Gasteiger partial charge in [0.2, 0.25) is 0 Å². The van der Waals surface area contributed by atoms with Gasteiger partial charge in [-0.15, -0.1) is 0 Å². The van der Waals surface area contributed by atoms with Gasteiger partial charge in [0.15, 0.2) is 5.54 Å². The number of likely N-dealkylation sites (tertiary alicyclic amines) is 1. The maximum absolute atomic E-state index is 12.6. The Balaban J connectivity index is 2.73. The minimum absolute atomic E-state index is 0.377. The Labute approximate surface area is 99.1 Å². The number of hydrogen-bond acceptors (Lipinski definition) is 2. The third kappa shape index (κ3) is 3.34. The average molecular weight is 252 g/mol. The first kappa shape index (κ1) is 14.3. The highest BCUT2D eigenvalue weighted by Crippen LogP contribution is 2.30. The van der Waals surface area contributed by atoms with Crippen molar-refractivity contribution in [2.45, 2.75) is 50.7 Å². The van der Waals surface area contributed by atoms with E-state index in [1.165, 1.54) is 4.90 Å². The van der Waals surface area contributed by atoms with Crippen LogP contribution in [0.3, 0.4) is 0 Å². The third-order valence-corrected chi connectivity index (χ3v) is 3.18. The molecule has 1 aliphatic rings. The lowest BCUT2D eigenvalue weighted by Gasteiger charge is -2.34. The molecule has 3 nitrogen and oxygen atoms in total. The Bertz CT molecular complexity index is 268. The highest BCUT2D eigenvalue weighted by Gasteiger charge is 2.55. The molecule has 1 atom stereocenters. The summed E-state index contributed by atoms with van der Waals surface area (Å²) in [5, 5.41) is 0. The molecular formula is C11H19F3N2O. The van der Waals surface area contributed by atoms with Crippen LogP contribution in [0.1, 0.15) is 39.0 Å². The second-order valence-corrected chi connectivity index (χ2v) is 4.76. The molecule has 0 spiro atoms. The highest BCUT2D eigenvalue weighted by molar-refractivity contribution is 5.86. The molecule has 1 heterocycles. The van der Waals surface area contributed by atoms with Crippen molar-refractivity contribution >= 4 is 5.91 Å². The molecule has 0 aromatic rings. The molecular weight excluding hydrogens is 233 g/mol. The van der Waals surface area contributed by atoms with Gasteiger partial charge >= 0.3 is 6.18 Å². The van der Waals surface area contributed by atoms with Gasteiger partial charge in [-0.2, -0.15) is 13.2 Å². The summed E-state index contributed by atoms with van der Waals surface area (Å²) < 4.78 is 37.9. The van der Waals surface area contributed by atoms with E-state index in [2.05, 4.69) is 0 Å². The number of nitrogens with two attached hydrogens (primary N) is 1. The SMILES string of the molecule is CC(N)(C(=O)N1CCCCCCC1)C(F)(F)F. The van der Waals surface area contributed by atoms with E-state index in [9.17, 15) is 18.0 Å². The maximum atomic E-state index is 12.6. The lowest BCUT2D eigenvalue weighted by Crippen LogP contribution is -2.62. The van der Waals surface area contributed by atoms with Crippen LogP contribution in [0.5, 0.6) is 0 Å². The van der Waals surface area contributed by atoms with E-state index >= 15 is 0 Å². The molecule has 6 heteroatoms. The van der Waals surface area contributed by atoms with Crippen LogP contribution >= 0.6 is 0 Å². The zero-order valence-corrected chi connectivity index (χ0v) is 10.0. The van der Waals surface area contributed by atoms with Crippen LogP contribution in [-0.4, -0.2) is 35.6 Å². The van der Waals surface area contributed by atoms with E-state index in [1.807, 2.05) is 0 Å². The minimum atomic E-state index is -4.70. The maximum Gasteiger partial charge on any atom is 0.415 e. The summed E-state index contributed by atoms with van der Waals surface area (Å²) in [6, 6.07) is 0. The van der Waals surface area contributed by atoms with Gasteiger partial charge in [0, 0.05) is 13.1 Å². The Morgan fingerprint density at radius 3 is 1.88 bits per heavy atom. The summed E-state index contributed by atoms with van der Waals surface area (Å²) in [4.78, 5) is 13.1. The zero-order valence-electron chi connectivity index (χ0n) is 10.0. The van der Waals surface area contributed by atoms with Gasteiger partial charge in [-0.25, -0.2) is 0 Å². The fourth-order valence-corrected chi connectivity index (χ4v) is 1.90. The number of carbonyl (C=O) groups excluding carboxylic acids is 1. The van der Waals surface area contributed by atoms with Crippen molar-refractivity contribution in [2.24, 2.45) is 5.73 Å². The molecule has 0 saturated carbocycles. The van der Waals surface area contributed by atoms with E-state index in [0.717, 1.165) is 39.0 Å². The topological polar surface area (TPSA) is 46.3 Å². The molecule has 17 heavy (non-hydrogen) atoms. The fourth-order valence-electron chi connectivity index (χ4n) is 1.90. The number of nitrogens with zero attached hydrogens (tertiary/aromatic N) is 1. The lowest BCUT2D eigenvalue weighted by atomic mass is 9.99. The largest absolute Gasteiger partial charge is 0.415 e. The summed E-state index contributed by atoms with van der Waals surface area (Å²) in [5.41, 5.74) is 2.37. The zero-order chi connectivity index (χ0) is 13.1. The average Bonchev–Trinajstić information content (AvgIpc) is 2.14. The number of hydrogen-bond donors (Lipinski definition) is 1. The van der Waals surface area contributed by atoms with Gasteiger partial charge in [0.1, 0.15) is 0 Å². The highest BCUT2D eigenvalue weighted by atomic mass is 19.4.